The van der Waals surface area contributed by atoms with Crippen LogP contribution >= 0.6 is 15.9 Å². The van der Waals surface area contributed by atoms with Crippen molar-refractivity contribution in [2.24, 2.45) is 0 Å². The van der Waals surface area contributed by atoms with E-state index in [1.807, 2.05) is 54.6 Å². The maximum Gasteiger partial charge on any atom is 0.335 e. The van der Waals surface area contributed by atoms with Crippen LogP contribution in [0.15, 0.2) is 111 Å². The van der Waals surface area contributed by atoms with Crippen LogP contribution in [0.1, 0.15) is 29.0 Å². The molecule has 2 aliphatic rings. The molecule has 34 heavy (non-hydrogen) atoms. The normalized spacial score (nSPS) is 16.7. The third kappa shape index (κ3) is 4.32. The highest BCUT2D eigenvalue weighted by molar-refractivity contribution is 9.10. The molecular weight excluding hydrogens is 494 g/mol. The van der Waals surface area contributed by atoms with E-state index < -0.39 is 5.97 Å². The van der Waals surface area contributed by atoms with E-state index in [1.165, 1.54) is 12.1 Å². The Morgan fingerprint density at radius 1 is 1.03 bits per heavy atom. The van der Waals surface area contributed by atoms with Crippen molar-refractivity contribution in [2.75, 3.05) is 4.90 Å². The molecule has 1 aliphatic heterocycles. The van der Waals surface area contributed by atoms with Crippen molar-refractivity contribution in [3.05, 3.63) is 118 Å². The van der Waals surface area contributed by atoms with Crippen LogP contribution in [0.5, 0.6) is 0 Å². The molecule has 0 bridgehead atoms. The molecule has 6 heteroatoms. The van der Waals surface area contributed by atoms with Crippen molar-refractivity contribution < 1.29 is 19.1 Å². The average molecular weight is 514 g/mol. The van der Waals surface area contributed by atoms with Gasteiger partial charge in [0, 0.05) is 21.3 Å². The van der Waals surface area contributed by atoms with Gasteiger partial charge in [0.25, 0.3) is 5.91 Å². The molecule has 5 nitrogen and oxygen atoms in total. The highest BCUT2D eigenvalue weighted by Crippen LogP contribution is 2.36. The van der Waals surface area contributed by atoms with Gasteiger partial charge < -0.3 is 9.52 Å². The van der Waals surface area contributed by atoms with Gasteiger partial charge in [-0.3, -0.25) is 9.69 Å². The predicted molar refractivity (Wildman–Crippen MR) is 135 cm³/mol. The van der Waals surface area contributed by atoms with Gasteiger partial charge in [0.1, 0.15) is 11.5 Å². The Kier molecular flexibility index (Phi) is 5.90. The maximum absolute atomic E-state index is 13.5. The summed E-state index contributed by atoms with van der Waals surface area (Å²) >= 11 is 3.44. The minimum Gasteiger partial charge on any atom is -0.478 e. The van der Waals surface area contributed by atoms with E-state index in [2.05, 4.69) is 22.0 Å². The van der Waals surface area contributed by atoms with Crippen LogP contribution in [0.2, 0.25) is 0 Å². The monoisotopic (exact) mass is 513 g/mol. The second kappa shape index (κ2) is 9.15. The lowest BCUT2D eigenvalue weighted by Crippen LogP contribution is -2.26. The summed E-state index contributed by atoms with van der Waals surface area (Å²) < 4.78 is 6.99. The van der Waals surface area contributed by atoms with Gasteiger partial charge >= 0.3 is 5.97 Å². The standard InChI is InChI=1S/C28H20BrNO4/c29-22-10-6-19(7-11-22)26-15-14-24(34-26)16-21-17-25(18-4-2-1-3-5-18)30(27(21)31)23-12-8-20(9-13-23)28(32)33/h1-2,4,6-17H,3,5H2,(H,32,33). The number of rotatable bonds is 5. The minimum absolute atomic E-state index is 0.174. The van der Waals surface area contributed by atoms with Gasteiger partial charge in [0.2, 0.25) is 0 Å². The molecule has 168 valence electrons. The lowest BCUT2D eigenvalue weighted by molar-refractivity contribution is -0.113. The molecule has 0 unspecified atom stereocenters. The number of hydrogen-bond donors (Lipinski definition) is 1. The van der Waals surface area contributed by atoms with Crippen molar-refractivity contribution in [3.8, 4) is 11.3 Å². The molecule has 2 aromatic carbocycles. The fourth-order valence-electron chi connectivity index (χ4n) is 4.03. The number of aromatic carboxylic acids is 1. The summed E-state index contributed by atoms with van der Waals surface area (Å²) in [6.45, 7) is 0. The molecule has 0 saturated heterocycles. The average Bonchev–Trinajstić information content (AvgIpc) is 3.45. The van der Waals surface area contributed by atoms with E-state index in [0.29, 0.717) is 17.0 Å². The number of benzene rings is 2. The van der Waals surface area contributed by atoms with E-state index in [0.717, 1.165) is 39.9 Å². The second-order valence-electron chi connectivity index (χ2n) is 7.99. The number of carboxylic acids is 1. The summed E-state index contributed by atoms with van der Waals surface area (Å²) in [7, 11) is 0. The molecular formula is C28H20BrNO4. The Hall–Kier alpha value is -3.90. The Morgan fingerprint density at radius 2 is 1.79 bits per heavy atom. The van der Waals surface area contributed by atoms with Crippen molar-refractivity contribution >= 4 is 39.6 Å². The smallest absolute Gasteiger partial charge is 0.335 e. The molecule has 1 aliphatic carbocycles. The fraction of sp³-hybridized carbons (Fsp3) is 0.0714. The first-order chi connectivity index (χ1) is 16.5. The Labute approximate surface area is 205 Å². The molecule has 0 saturated carbocycles. The highest BCUT2D eigenvalue weighted by atomic mass is 79.9. The van der Waals surface area contributed by atoms with E-state index in [-0.39, 0.29) is 11.5 Å². The number of allylic oxidation sites excluding steroid dienone is 4. The number of amides is 1. The quantitative estimate of drug-likeness (QED) is 0.373. The highest BCUT2D eigenvalue weighted by Gasteiger charge is 2.31. The van der Waals surface area contributed by atoms with Crippen molar-refractivity contribution in [2.45, 2.75) is 12.8 Å². The molecule has 1 amide bonds. The summed E-state index contributed by atoms with van der Waals surface area (Å²) in [5.74, 6) is 0.109. The van der Waals surface area contributed by atoms with Gasteiger partial charge in [-0.1, -0.05) is 46.3 Å². The first kappa shape index (κ1) is 21.9. The van der Waals surface area contributed by atoms with Crippen LogP contribution < -0.4 is 4.90 Å². The van der Waals surface area contributed by atoms with Gasteiger partial charge in [-0.05, 0) is 79.1 Å². The molecule has 3 aromatic rings. The first-order valence-electron chi connectivity index (χ1n) is 10.8. The van der Waals surface area contributed by atoms with E-state index in [4.69, 9.17) is 4.42 Å². The number of anilines is 1. The number of nitrogens with zero attached hydrogens (tertiary/aromatic N) is 1. The molecule has 1 N–H and O–H groups in total. The van der Waals surface area contributed by atoms with Gasteiger partial charge in [0.05, 0.1) is 11.3 Å². The molecule has 2 heterocycles. The van der Waals surface area contributed by atoms with Crippen LogP contribution in [0.4, 0.5) is 5.69 Å². The Bertz CT molecular complexity index is 1390. The summed E-state index contributed by atoms with van der Waals surface area (Å²) in [4.78, 5) is 26.4. The van der Waals surface area contributed by atoms with Crippen LogP contribution in [0.25, 0.3) is 17.4 Å². The van der Waals surface area contributed by atoms with Crippen molar-refractivity contribution in [1.29, 1.82) is 0 Å². The van der Waals surface area contributed by atoms with E-state index >= 15 is 0 Å². The number of carbonyl (C=O) groups excluding carboxylic acids is 1. The lowest BCUT2D eigenvalue weighted by atomic mass is 10.0. The third-order valence-electron chi connectivity index (χ3n) is 5.75. The number of hydrogen-bond acceptors (Lipinski definition) is 3. The topological polar surface area (TPSA) is 70.8 Å². The molecule has 0 fully saturated rings. The van der Waals surface area contributed by atoms with Crippen LogP contribution in [-0.2, 0) is 4.79 Å². The zero-order valence-corrected chi connectivity index (χ0v) is 19.7. The Balaban J connectivity index is 1.51. The van der Waals surface area contributed by atoms with Crippen LogP contribution in [0, 0.1) is 0 Å². The second-order valence-corrected chi connectivity index (χ2v) is 8.91. The number of furan rings is 1. The molecule has 0 spiro atoms. The first-order valence-corrected chi connectivity index (χ1v) is 11.6. The number of carboxylic acid groups (broad SMARTS) is 1. The summed E-state index contributed by atoms with van der Waals surface area (Å²) in [5, 5.41) is 9.22. The molecule has 1 aromatic heterocycles. The summed E-state index contributed by atoms with van der Waals surface area (Å²) in [6, 6.07) is 17.9. The maximum atomic E-state index is 13.5. The predicted octanol–water partition coefficient (Wildman–Crippen LogP) is 7.00. The number of carbonyl (C=O) groups is 2. The Morgan fingerprint density at radius 3 is 2.47 bits per heavy atom. The lowest BCUT2D eigenvalue weighted by Gasteiger charge is -2.23. The zero-order valence-electron chi connectivity index (χ0n) is 18.1. The van der Waals surface area contributed by atoms with Gasteiger partial charge in [0.15, 0.2) is 0 Å². The molecule has 0 radical (unpaired) electrons. The third-order valence-corrected chi connectivity index (χ3v) is 6.28. The van der Waals surface area contributed by atoms with Crippen molar-refractivity contribution in [1.82, 2.24) is 0 Å². The summed E-state index contributed by atoms with van der Waals surface area (Å²) in [6.07, 6.45) is 11.4. The SMILES string of the molecule is O=C(O)c1ccc(N2C(=O)C(=Cc3ccc(-c4ccc(Br)cc4)o3)C=C2C2=CC=CCC2)cc1. The minimum atomic E-state index is -1.00. The van der Waals surface area contributed by atoms with Gasteiger partial charge in [-0.25, -0.2) is 4.79 Å². The molecule has 0 atom stereocenters. The fourth-order valence-corrected chi connectivity index (χ4v) is 4.29. The van der Waals surface area contributed by atoms with E-state index in [9.17, 15) is 14.7 Å². The van der Waals surface area contributed by atoms with E-state index in [1.54, 1.807) is 23.1 Å². The summed E-state index contributed by atoms with van der Waals surface area (Å²) in [5.41, 5.74) is 4.09. The molecule has 5 rings (SSSR count). The van der Waals surface area contributed by atoms with Crippen LogP contribution in [0.3, 0.4) is 0 Å². The van der Waals surface area contributed by atoms with Gasteiger partial charge in [-0.2, -0.15) is 0 Å². The van der Waals surface area contributed by atoms with Crippen molar-refractivity contribution in [3.63, 3.8) is 0 Å². The van der Waals surface area contributed by atoms with Crippen LogP contribution in [-0.4, -0.2) is 17.0 Å². The zero-order chi connectivity index (χ0) is 23.7. The largest absolute Gasteiger partial charge is 0.478 e. The van der Waals surface area contributed by atoms with Gasteiger partial charge in [-0.15, -0.1) is 0 Å². The number of halogens is 1.